The van der Waals surface area contributed by atoms with Gasteiger partial charge < -0.3 is 19.6 Å². The highest BCUT2D eigenvalue weighted by Crippen LogP contribution is 2.17. The average molecular weight is 293 g/mol. The lowest BCUT2D eigenvalue weighted by molar-refractivity contribution is 0.113. The number of piperazine rings is 1. The van der Waals surface area contributed by atoms with Gasteiger partial charge in [0, 0.05) is 38.5 Å². The molecular formula is C15H27N5O. The third kappa shape index (κ3) is 4.02. The van der Waals surface area contributed by atoms with Crippen LogP contribution in [0.1, 0.15) is 24.6 Å². The number of rotatable bonds is 4. The Morgan fingerprint density at radius 3 is 2.81 bits per heavy atom. The molecule has 1 aromatic rings. The lowest BCUT2D eigenvalue weighted by atomic mass is 9.95. The van der Waals surface area contributed by atoms with Crippen molar-refractivity contribution in [3.8, 4) is 0 Å². The summed E-state index contributed by atoms with van der Waals surface area (Å²) in [5.74, 6) is 2.39. The fourth-order valence-corrected chi connectivity index (χ4v) is 3.32. The molecule has 0 bridgehead atoms. The first-order valence-electron chi connectivity index (χ1n) is 8.11. The molecule has 0 aliphatic carbocycles. The number of aromatic nitrogens is 2. The van der Waals surface area contributed by atoms with Crippen molar-refractivity contribution in [1.29, 1.82) is 0 Å². The van der Waals surface area contributed by atoms with Gasteiger partial charge in [-0.1, -0.05) is 5.16 Å². The monoisotopic (exact) mass is 293 g/mol. The van der Waals surface area contributed by atoms with Crippen LogP contribution in [0, 0.1) is 5.92 Å². The minimum absolute atomic E-state index is 0.494. The van der Waals surface area contributed by atoms with Gasteiger partial charge in [0.05, 0.1) is 0 Å². The van der Waals surface area contributed by atoms with Gasteiger partial charge in [-0.25, -0.2) is 0 Å². The molecule has 6 nitrogen and oxygen atoms in total. The minimum Gasteiger partial charge on any atom is -0.339 e. The van der Waals surface area contributed by atoms with E-state index in [0.717, 1.165) is 57.3 Å². The highest BCUT2D eigenvalue weighted by atomic mass is 16.5. The molecule has 1 atom stereocenters. The van der Waals surface area contributed by atoms with Gasteiger partial charge in [-0.2, -0.15) is 4.98 Å². The lowest BCUT2D eigenvalue weighted by Gasteiger charge is -2.37. The molecule has 0 amide bonds. The van der Waals surface area contributed by atoms with Crippen LogP contribution in [0.15, 0.2) is 4.52 Å². The summed E-state index contributed by atoms with van der Waals surface area (Å²) in [5, 5.41) is 7.58. The first kappa shape index (κ1) is 14.9. The maximum atomic E-state index is 5.46. The second-order valence-corrected chi connectivity index (χ2v) is 6.60. The predicted molar refractivity (Wildman–Crippen MR) is 81.2 cm³/mol. The third-order valence-electron chi connectivity index (χ3n) is 4.83. The van der Waals surface area contributed by atoms with Crippen LogP contribution in [0.5, 0.6) is 0 Å². The van der Waals surface area contributed by atoms with E-state index in [1.807, 2.05) is 0 Å². The van der Waals surface area contributed by atoms with Crippen LogP contribution < -0.4 is 5.32 Å². The summed E-state index contributed by atoms with van der Waals surface area (Å²) in [4.78, 5) is 9.40. The van der Waals surface area contributed by atoms with Crippen LogP contribution in [0.25, 0.3) is 0 Å². The Morgan fingerprint density at radius 2 is 2.00 bits per heavy atom. The Kier molecular flexibility index (Phi) is 4.87. The zero-order valence-electron chi connectivity index (χ0n) is 13.2. The Morgan fingerprint density at radius 1 is 1.19 bits per heavy atom. The van der Waals surface area contributed by atoms with Crippen molar-refractivity contribution in [1.82, 2.24) is 25.3 Å². The van der Waals surface area contributed by atoms with Crippen LogP contribution in [0.2, 0.25) is 0 Å². The van der Waals surface area contributed by atoms with Crippen LogP contribution in [-0.2, 0) is 12.8 Å². The van der Waals surface area contributed by atoms with Gasteiger partial charge in [0.2, 0.25) is 5.89 Å². The van der Waals surface area contributed by atoms with Crippen molar-refractivity contribution in [2.45, 2.75) is 31.7 Å². The molecule has 0 saturated carbocycles. The fourth-order valence-electron chi connectivity index (χ4n) is 3.32. The molecule has 21 heavy (non-hydrogen) atoms. The van der Waals surface area contributed by atoms with Gasteiger partial charge in [0.1, 0.15) is 0 Å². The van der Waals surface area contributed by atoms with E-state index in [1.165, 1.54) is 12.8 Å². The van der Waals surface area contributed by atoms with Crippen LogP contribution in [-0.4, -0.2) is 72.8 Å². The highest BCUT2D eigenvalue weighted by Gasteiger charge is 2.24. The molecule has 2 saturated heterocycles. The van der Waals surface area contributed by atoms with Gasteiger partial charge in [-0.05, 0) is 45.9 Å². The van der Waals surface area contributed by atoms with Crippen LogP contribution in [0.4, 0.5) is 0 Å². The van der Waals surface area contributed by atoms with Crippen LogP contribution >= 0.6 is 0 Å². The fraction of sp³-hybridized carbons (Fsp3) is 0.867. The van der Waals surface area contributed by atoms with Crippen molar-refractivity contribution in [2.24, 2.45) is 5.92 Å². The first-order valence-corrected chi connectivity index (χ1v) is 8.11. The maximum absolute atomic E-state index is 5.46. The average Bonchev–Trinajstić information content (AvgIpc) is 2.91. The van der Waals surface area contributed by atoms with Crippen molar-refractivity contribution in [2.75, 3.05) is 46.8 Å². The van der Waals surface area contributed by atoms with E-state index < -0.39 is 0 Å². The summed E-state index contributed by atoms with van der Waals surface area (Å²) in [6, 6.07) is 0.494. The van der Waals surface area contributed by atoms with Crippen molar-refractivity contribution in [3.63, 3.8) is 0 Å². The van der Waals surface area contributed by atoms with E-state index in [2.05, 4.69) is 39.4 Å². The Balaban J connectivity index is 1.54. The topological polar surface area (TPSA) is 57.4 Å². The molecule has 2 aliphatic rings. The number of nitrogens with zero attached hydrogens (tertiary/aromatic N) is 4. The van der Waals surface area contributed by atoms with E-state index in [4.69, 9.17) is 4.52 Å². The SMILES string of the molecule is CN1CCN(C)C(Cc2noc(CC3CCNCC3)n2)C1. The Labute approximate surface area is 126 Å². The molecule has 0 radical (unpaired) electrons. The molecule has 1 aromatic heterocycles. The van der Waals surface area contributed by atoms with Gasteiger partial charge in [-0.3, -0.25) is 0 Å². The molecule has 0 spiro atoms. The minimum atomic E-state index is 0.494. The summed E-state index contributed by atoms with van der Waals surface area (Å²) in [7, 11) is 4.37. The summed E-state index contributed by atoms with van der Waals surface area (Å²) in [6.45, 7) is 5.56. The summed E-state index contributed by atoms with van der Waals surface area (Å²) in [5.41, 5.74) is 0. The quantitative estimate of drug-likeness (QED) is 0.867. The molecular weight excluding hydrogens is 266 g/mol. The number of likely N-dealkylation sites (N-methyl/N-ethyl adjacent to an activating group) is 2. The van der Waals surface area contributed by atoms with Gasteiger partial charge in [-0.15, -0.1) is 0 Å². The van der Waals surface area contributed by atoms with Gasteiger partial charge >= 0.3 is 0 Å². The Hall–Kier alpha value is -0.980. The molecule has 2 fully saturated rings. The molecule has 0 aromatic carbocycles. The van der Waals surface area contributed by atoms with Gasteiger partial charge in [0.15, 0.2) is 5.82 Å². The van der Waals surface area contributed by atoms with Crippen molar-refractivity contribution < 1.29 is 4.52 Å². The molecule has 3 rings (SSSR count). The summed E-state index contributed by atoms with van der Waals surface area (Å²) < 4.78 is 5.46. The second-order valence-electron chi connectivity index (χ2n) is 6.60. The second kappa shape index (κ2) is 6.85. The van der Waals surface area contributed by atoms with Gasteiger partial charge in [0.25, 0.3) is 0 Å². The van der Waals surface area contributed by atoms with E-state index >= 15 is 0 Å². The molecule has 1 N–H and O–H groups in total. The van der Waals surface area contributed by atoms with Crippen LogP contribution in [0.3, 0.4) is 0 Å². The third-order valence-corrected chi connectivity index (χ3v) is 4.83. The Bertz CT molecular complexity index is 443. The number of hydrogen-bond donors (Lipinski definition) is 1. The normalized spacial score (nSPS) is 26.3. The summed E-state index contributed by atoms with van der Waals surface area (Å²) >= 11 is 0. The van der Waals surface area contributed by atoms with E-state index in [0.29, 0.717) is 12.0 Å². The molecule has 2 aliphatic heterocycles. The lowest BCUT2D eigenvalue weighted by Crippen LogP contribution is -2.50. The zero-order chi connectivity index (χ0) is 14.7. The van der Waals surface area contributed by atoms with Crippen molar-refractivity contribution >= 4 is 0 Å². The maximum Gasteiger partial charge on any atom is 0.226 e. The molecule has 1 unspecified atom stereocenters. The zero-order valence-corrected chi connectivity index (χ0v) is 13.2. The standard InChI is InChI=1S/C15H27N5O/c1-19-7-8-20(2)13(11-19)10-14-17-15(21-18-14)9-12-3-5-16-6-4-12/h12-13,16H,3-11H2,1-2H3. The number of hydrogen-bond acceptors (Lipinski definition) is 6. The highest BCUT2D eigenvalue weighted by molar-refractivity contribution is 4.94. The molecule has 3 heterocycles. The number of piperidine rings is 1. The van der Waals surface area contributed by atoms with E-state index in [1.54, 1.807) is 0 Å². The largest absolute Gasteiger partial charge is 0.339 e. The van der Waals surface area contributed by atoms with E-state index in [-0.39, 0.29) is 0 Å². The van der Waals surface area contributed by atoms with Crippen molar-refractivity contribution in [3.05, 3.63) is 11.7 Å². The molecule has 6 heteroatoms. The number of nitrogens with one attached hydrogen (secondary N) is 1. The predicted octanol–water partition coefficient (Wildman–Crippen LogP) is 0.400. The smallest absolute Gasteiger partial charge is 0.226 e. The first-order chi connectivity index (χ1) is 10.2. The van der Waals surface area contributed by atoms with E-state index in [9.17, 15) is 0 Å². The summed E-state index contributed by atoms with van der Waals surface area (Å²) in [6.07, 6.45) is 4.26. The molecule has 118 valence electrons.